The molecule has 1 heterocycles. The highest BCUT2D eigenvalue weighted by Gasteiger charge is 2.03. The monoisotopic (exact) mass is 210 g/mol. The number of nitrogens with zero attached hydrogens (tertiary/aromatic N) is 2. The van der Waals surface area contributed by atoms with Crippen molar-refractivity contribution in [2.45, 2.75) is 13.3 Å². The topological polar surface area (TPSA) is 90.1 Å². The first-order valence-electron chi connectivity index (χ1n) is 4.70. The maximum absolute atomic E-state index is 11.0. The third kappa shape index (κ3) is 3.80. The maximum Gasteiger partial charge on any atom is 0.307 e. The van der Waals surface area contributed by atoms with Gasteiger partial charge in [0.05, 0.1) is 13.0 Å². The molecule has 3 N–H and O–H groups in total. The number of ether oxygens (including phenoxy) is 1. The summed E-state index contributed by atoms with van der Waals surface area (Å²) in [6, 6.07) is 0. The van der Waals surface area contributed by atoms with Crippen molar-refractivity contribution in [3.8, 4) is 0 Å². The van der Waals surface area contributed by atoms with E-state index in [0.717, 1.165) is 0 Å². The van der Waals surface area contributed by atoms with Gasteiger partial charge in [0.15, 0.2) is 11.6 Å². The molecule has 0 saturated heterocycles. The molecule has 0 aromatic carbocycles. The fourth-order valence-electron chi connectivity index (χ4n) is 1.00. The van der Waals surface area contributed by atoms with Gasteiger partial charge >= 0.3 is 5.97 Å². The van der Waals surface area contributed by atoms with Crippen LogP contribution in [0.2, 0.25) is 0 Å². The molecule has 1 aromatic rings. The molecule has 6 heteroatoms. The second-order valence-corrected chi connectivity index (χ2v) is 2.77. The molecule has 15 heavy (non-hydrogen) atoms. The van der Waals surface area contributed by atoms with Gasteiger partial charge in [0.2, 0.25) is 0 Å². The smallest absolute Gasteiger partial charge is 0.307 e. The number of aromatic nitrogens is 2. The van der Waals surface area contributed by atoms with Gasteiger partial charge < -0.3 is 15.8 Å². The third-order valence-corrected chi connectivity index (χ3v) is 1.65. The van der Waals surface area contributed by atoms with Crippen LogP contribution in [0.3, 0.4) is 0 Å². The first-order valence-corrected chi connectivity index (χ1v) is 4.70. The van der Waals surface area contributed by atoms with E-state index in [1.54, 1.807) is 6.92 Å². The second kappa shape index (κ2) is 5.79. The summed E-state index contributed by atoms with van der Waals surface area (Å²) in [7, 11) is 0. The van der Waals surface area contributed by atoms with Crippen molar-refractivity contribution >= 4 is 17.6 Å². The first-order chi connectivity index (χ1) is 7.24. The van der Waals surface area contributed by atoms with Gasteiger partial charge in [-0.2, -0.15) is 0 Å². The predicted molar refractivity (Wildman–Crippen MR) is 56.2 cm³/mol. The van der Waals surface area contributed by atoms with Crippen molar-refractivity contribution in [3.05, 3.63) is 12.4 Å². The summed E-state index contributed by atoms with van der Waals surface area (Å²) in [5, 5.41) is 2.90. The predicted octanol–water partition coefficient (Wildman–Crippen LogP) is 0.424. The van der Waals surface area contributed by atoms with Gasteiger partial charge in [-0.1, -0.05) is 0 Å². The van der Waals surface area contributed by atoms with Crippen LogP contribution in [-0.4, -0.2) is 29.1 Å². The Bertz CT molecular complexity index is 330. The fourth-order valence-corrected chi connectivity index (χ4v) is 1.00. The summed E-state index contributed by atoms with van der Waals surface area (Å²) in [6.07, 6.45) is 3.32. The maximum atomic E-state index is 11.0. The Hall–Kier alpha value is -1.85. The van der Waals surface area contributed by atoms with Crippen LogP contribution in [0.5, 0.6) is 0 Å². The van der Waals surface area contributed by atoms with Crippen molar-refractivity contribution < 1.29 is 9.53 Å². The van der Waals surface area contributed by atoms with E-state index in [9.17, 15) is 4.79 Å². The van der Waals surface area contributed by atoms with Gasteiger partial charge in [-0.05, 0) is 6.92 Å². The largest absolute Gasteiger partial charge is 0.466 e. The van der Waals surface area contributed by atoms with Crippen molar-refractivity contribution in [1.29, 1.82) is 0 Å². The molecule has 0 aliphatic heterocycles. The van der Waals surface area contributed by atoms with Crippen LogP contribution in [0.15, 0.2) is 12.4 Å². The standard InChI is InChI=1S/C9H14N4O2/c1-2-15-7(14)3-4-12-9-8(10)11-5-6-13-9/h5-6H,2-4H2,1H3,(H2,10,11)(H,12,13). The number of anilines is 2. The Morgan fingerprint density at radius 2 is 2.27 bits per heavy atom. The minimum Gasteiger partial charge on any atom is -0.466 e. The van der Waals surface area contributed by atoms with Crippen LogP contribution in [-0.2, 0) is 9.53 Å². The van der Waals surface area contributed by atoms with E-state index in [4.69, 9.17) is 10.5 Å². The van der Waals surface area contributed by atoms with Crippen molar-refractivity contribution in [1.82, 2.24) is 9.97 Å². The van der Waals surface area contributed by atoms with E-state index in [0.29, 0.717) is 24.8 Å². The van der Waals surface area contributed by atoms with Gasteiger partial charge in [0.1, 0.15) is 0 Å². The Labute approximate surface area is 87.9 Å². The molecule has 0 saturated carbocycles. The zero-order chi connectivity index (χ0) is 11.1. The second-order valence-electron chi connectivity index (χ2n) is 2.77. The number of nitrogens with two attached hydrogens (primary N) is 1. The van der Waals surface area contributed by atoms with Crippen molar-refractivity contribution in [2.75, 3.05) is 24.2 Å². The molecule has 0 atom stereocenters. The van der Waals surface area contributed by atoms with Crippen LogP contribution in [0.1, 0.15) is 13.3 Å². The van der Waals surface area contributed by atoms with Crippen LogP contribution in [0, 0.1) is 0 Å². The highest BCUT2D eigenvalue weighted by atomic mass is 16.5. The van der Waals surface area contributed by atoms with E-state index < -0.39 is 0 Å². The van der Waals surface area contributed by atoms with Crippen LogP contribution < -0.4 is 11.1 Å². The third-order valence-electron chi connectivity index (χ3n) is 1.65. The number of hydrogen-bond donors (Lipinski definition) is 2. The van der Waals surface area contributed by atoms with E-state index >= 15 is 0 Å². The number of hydrogen-bond acceptors (Lipinski definition) is 6. The lowest BCUT2D eigenvalue weighted by molar-refractivity contribution is -0.142. The summed E-state index contributed by atoms with van der Waals surface area (Å²) >= 11 is 0. The van der Waals surface area contributed by atoms with E-state index in [1.807, 2.05) is 0 Å². The number of carbonyl (C=O) groups excluding carboxylic acids is 1. The number of esters is 1. The Balaban J connectivity index is 2.32. The first kappa shape index (κ1) is 11.2. The summed E-state index contributed by atoms with van der Waals surface area (Å²) in [5.74, 6) is 0.565. The molecule has 1 aromatic heterocycles. The van der Waals surface area contributed by atoms with Crippen molar-refractivity contribution in [3.63, 3.8) is 0 Å². The summed E-state index contributed by atoms with van der Waals surface area (Å²) in [5.41, 5.74) is 5.54. The molecule has 82 valence electrons. The molecule has 0 aliphatic carbocycles. The van der Waals surface area contributed by atoms with Gasteiger partial charge in [-0.3, -0.25) is 4.79 Å². The molecule has 0 aliphatic rings. The van der Waals surface area contributed by atoms with Crippen LogP contribution in [0.4, 0.5) is 11.6 Å². The van der Waals surface area contributed by atoms with Gasteiger partial charge in [-0.15, -0.1) is 0 Å². The minimum atomic E-state index is -0.243. The number of rotatable bonds is 5. The fraction of sp³-hybridized carbons (Fsp3) is 0.444. The zero-order valence-corrected chi connectivity index (χ0v) is 8.56. The van der Waals surface area contributed by atoms with Gasteiger partial charge in [0, 0.05) is 18.9 Å². The van der Waals surface area contributed by atoms with E-state index in [1.165, 1.54) is 12.4 Å². The van der Waals surface area contributed by atoms with E-state index in [2.05, 4.69) is 15.3 Å². The minimum absolute atomic E-state index is 0.243. The molecule has 0 radical (unpaired) electrons. The summed E-state index contributed by atoms with van der Waals surface area (Å²) in [6.45, 7) is 2.60. The Morgan fingerprint density at radius 3 is 2.93 bits per heavy atom. The summed E-state index contributed by atoms with van der Waals surface area (Å²) in [4.78, 5) is 18.8. The molecule has 0 unspecified atom stereocenters. The lowest BCUT2D eigenvalue weighted by Crippen LogP contribution is -2.13. The normalized spacial score (nSPS) is 9.67. The molecule has 0 spiro atoms. The quantitative estimate of drug-likeness (QED) is 0.685. The van der Waals surface area contributed by atoms with Gasteiger partial charge in [-0.25, -0.2) is 9.97 Å². The Morgan fingerprint density at radius 1 is 1.53 bits per heavy atom. The number of carbonyl (C=O) groups is 1. The zero-order valence-electron chi connectivity index (χ0n) is 8.56. The molecular formula is C9H14N4O2. The number of nitrogens with one attached hydrogen (secondary N) is 1. The van der Waals surface area contributed by atoms with Gasteiger partial charge in [0.25, 0.3) is 0 Å². The lowest BCUT2D eigenvalue weighted by Gasteiger charge is -2.06. The highest BCUT2D eigenvalue weighted by Crippen LogP contribution is 2.08. The average Bonchev–Trinajstić information content (AvgIpc) is 2.21. The molecule has 1 rings (SSSR count). The molecule has 0 bridgehead atoms. The average molecular weight is 210 g/mol. The van der Waals surface area contributed by atoms with Crippen LogP contribution >= 0.6 is 0 Å². The molecule has 0 fully saturated rings. The number of nitrogen functional groups attached to an aromatic ring is 1. The molecular weight excluding hydrogens is 196 g/mol. The summed E-state index contributed by atoms with van der Waals surface area (Å²) < 4.78 is 4.76. The van der Waals surface area contributed by atoms with Crippen molar-refractivity contribution in [2.24, 2.45) is 0 Å². The highest BCUT2D eigenvalue weighted by molar-refractivity contribution is 5.70. The molecule has 0 amide bonds. The Kier molecular flexibility index (Phi) is 4.33. The van der Waals surface area contributed by atoms with Crippen LogP contribution in [0.25, 0.3) is 0 Å². The SMILES string of the molecule is CCOC(=O)CCNc1nccnc1N. The van der Waals surface area contributed by atoms with E-state index in [-0.39, 0.29) is 12.4 Å². The lowest BCUT2D eigenvalue weighted by atomic mass is 10.4. The molecule has 6 nitrogen and oxygen atoms in total.